The van der Waals surface area contributed by atoms with E-state index < -0.39 is 11.5 Å². The van der Waals surface area contributed by atoms with Crippen LogP contribution in [0.5, 0.6) is 0 Å². The molecule has 0 aliphatic heterocycles. The number of ether oxygens (including phenoxy) is 1. The van der Waals surface area contributed by atoms with Gasteiger partial charge in [0.2, 0.25) is 0 Å². The summed E-state index contributed by atoms with van der Waals surface area (Å²) < 4.78 is 4.82. The van der Waals surface area contributed by atoms with Gasteiger partial charge < -0.3 is 15.8 Å². The zero-order valence-electron chi connectivity index (χ0n) is 11.2. The Balaban J connectivity index is 2.20. The maximum absolute atomic E-state index is 12.3. The van der Waals surface area contributed by atoms with E-state index in [4.69, 9.17) is 22.1 Å². The van der Waals surface area contributed by atoms with E-state index in [9.17, 15) is 9.59 Å². The lowest BCUT2D eigenvalue weighted by Crippen LogP contribution is -2.53. The zero-order chi connectivity index (χ0) is 14.8. The van der Waals surface area contributed by atoms with E-state index in [-0.39, 0.29) is 5.91 Å². The van der Waals surface area contributed by atoms with Crippen molar-refractivity contribution in [2.24, 2.45) is 0 Å². The van der Waals surface area contributed by atoms with Crippen molar-refractivity contribution in [3.8, 4) is 0 Å². The monoisotopic (exact) mass is 296 g/mol. The predicted octanol–water partition coefficient (Wildman–Crippen LogP) is 2.14. The molecular weight excluding hydrogens is 280 g/mol. The highest BCUT2D eigenvalue weighted by Gasteiger charge is 2.43. The highest BCUT2D eigenvalue weighted by atomic mass is 35.5. The summed E-state index contributed by atoms with van der Waals surface area (Å²) in [6, 6.07) is 4.64. The standard InChI is InChI=1S/C14H17ClN2O3/c1-20-13(19)14(6-2-3-7-14)17-12(18)9-4-5-10(15)11(16)8-9/h4-5,8H,2-3,6-7,16H2,1H3,(H,17,18). The van der Waals surface area contributed by atoms with Crippen molar-refractivity contribution >= 4 is 29.2 Å². The maximum atomic E-state index is 12.3. The van der Waals surface area contributed by atoms with Gasteiger partial charge in [0.05, 0.1) is 17.8 Å². The lowest BCUT2D eigenvalue weighted by Gasteiger charge is -2.27. The number of hydrogen-bond acceptors (Lipinski definition) is 4. The molecule has 108 valence electrons. The van der Waals surface area contributed by atoms with Gasteiger partial charge in [-0.3, -0.25) is 4.79 Å². The smallest absolute Gasteiger partial charge is 0.331 e. The van der Waals surface area contributed by atoms with Crippen LogP contribution in [-0.4, -0.2) is 24.5 Å². The van der Waals surface area contributed by atoms with Crippen LogP contribution in [0.25, 0.3) is 0 Å². The summed E-state index contributed by atoms with van der Waals surface area (Å²) in [5, 5.41) is 3.19. The van der Waals surface area contributed by atoms with Crippen LogP contribution in [0.2, 0.25) is 5.02 Å². The Bertz CT molecular complexity index is 539. The van der Waals surface area contributed by atoms with Gasteiger partial charge in [-0.25, -0.2) is 4.79 Å². The molecule has 1 fully saturated rings. The van der Waals surface area contributed by atoms with Gasteiger partial charge in [0.15, 0.2) is 0 Å². The number of hydrogen-bond donors (Lipinski definition) is 2. The molecule has 0 saturated heterocycles. The average Bonchev–Trinajstić information content (AvgIpc) is 2.90. The minimum atomic E-state index is -0.916. The molecule has 5 nitrogen and oxygen atoms in total. The number of halogens is 1. The first-order valence-corrected chi connectivity index (χ1v) is 6.82. The molecule has 20 heavy (non-hydrogen) atoms. The fourth-order valence-corrected chi connectivity index (χ4v) is 2.65. The third-order valence-corrected chi connectivity index (χ3v) is 3.99. The van der Waals surface area contributed by atoms with Gasteiger partial charge in [-0.2, -0.15) is 0 Å². The first-order valence-electron chi connectivity index (χ1n) is 6.44. The molecular formula is C14H17ClN2O3. The second kappa shape index (κ2) is 5.71. The van der Waals surface area contributed by atoms with Crippen LogP contribution < -0.4 is 11.1 Å². The Morgan fingerprint density at radius 2 is 2.00 bits per heavy atom. The number of nitrogens with two attached hydrogens (primary N) is 1. The van der Waals surface area contributed by atoms with E-state index in [0.29, 0.717) is 29.1 Å². The highest BCUT2D eigenvalue weighted by molar-refractivity contribution is 6.33. The Labute approximate surface area is 122 Å². The molecule has 1 aliphatic rings. The van der Waals surface area contributed by atoms with Gasteiger partial charge >= 0.3 is 5.97 Å². The number of rotatable bonds is 3. The second-order valence-electron chi connectivity index (χ2n) is 4.97. The quantitative estimate of drug-likeness (QED) is 0.661. The molecule has 0 unspecified atom stereocenters. The number of carbonyl (C=O) groups excluding carboxylic acids is 2. The molecule has 0 bridgehead atoms. The maximum Gasteiger partial charge on any atom is 0.331 e. The van der Waals surface area contributed by atoms with Crippen molar-refractivity contribution < 1.29 is 14.3 Å². The SMILES string of the molecule is COC(=O)C1(NC(=O)c2ccc(Cl)c(N)c2)CCCC1. The van der Waals surface area contributed by atoms with Crippen molar-refractivity contribution in [3.63, 3.8) is 0 Å². The van der Waals surface area contributed by atoms with Crippen molar-refractivity contribution in [3.05, 3.63) is 28.8 Å². The van der Waals surface area contributed by atoms with Crippen molar-refractivity contribution in [1.29, 1.82) is 0 Å². The fourth-order valence-electron chi connectivity index (χ4n) is 2.53. The van der Waals surface area contributed by atoms with Gasteiger partial charge in [0.25, 0.3) is 5.91 Å². The Hall–Kier alpha value is -1.75. The van der Waals surface area contributed by atoms with Crippen LogP contribution in [0.15, 0.2) is 18.2 Å². The Kier molecular flexibility index (Phi) is 4.18. The van der Waals surface area contributed by atoms with E-state index in [1.54, 1.807) is 12.1 Å². The van der Waals surface area contributed by atoms with Crippen LogP contribution in [0.4, 0.5) is 5.69 Å². The number of anilines is 1. The largest absolute Gasteiger partial charge is 0.467 e. The molecule has 0 aromatic heterocycles. The molecule has 1 amide bonds. The predicted molar refractivity (Wildman–Crippen MR) is 76.5 cm³/mol. The highest BCUT2D eigenvalue weighted by Crippen LogP contribution is 2.31. The molecule has 6 heteroatoms. The molecule has 0 spiro atoms. The molecule has 3 N–H and O–H groups in total. The minimum absolute atomic E-state index is 0.331. The van der Waals surface area contributed by atoms with Crippen LogP contribution >= 0.6 is 11.6 Å². The van der Waals surface area contributed by atoms with E-state index in [1.165, 1.54) is 13.2 Å². The van der Waals surface area contributed by atoms with E-state index >= 15 is 0 Å². The zero-order valence-corrected chi connectivity index (χ0v) is 12.0. The summed E-state index contributed by atoms with van der Waals surface area (Å²) in [5.74, 6) is -0.744. The molecule has 1 aliphatic carbocycles. The minimum Gasteiger partial charge on any atom is -0.467 e. The van der Waals surface area contributed by atoms with Crippen LogP contribution in [-0.2, 0) is 9.53 Å². The summed E-state index contributed by atoms with van der Waals surface area (Å²) in [6.07, 6.45) is 2.96. The Morgan fingerprint density at radius 3 is 2.55 bits per heavy atom. The number of methoxy groups -OCH3 is 1. The van der Waals surface area contributed by atoms with Crippen molar-refractivity contribution in [2.75, 3.05) is 12.8 Å². The molecule has 1 aromatic carbocycles. The van der Waals surface area contributed by atoms with Crippen molar-refractivity contribution in [2.45, 2.75) is 31.2 Å². The summed E-state index contributed by atoms with van der Waals surface area (Å²) in [4.78, 5) is 24.2. The van der Waals surface area contributed by atoms with Gasteiger partial charge in [-0.05, 0) is 31.0 Å². The summed E-state index contributed by atoms with van der Waals surface area (Å²) >= 11 is 5.83. The average molecular weight is 297 g/mol. The molecule has 2 rings (SSSR count). The first kappa shape index (κ1) is 14.7. The number of nitrogens with one attached hydrogen (secondary N) is 1. The number of nitrogen functional groups attached to an aromatic ring is 1. The number of amides is 1. The third kappa shape index (κ3) is 2.72. The third-order valence-electron chi connectivity index (χ3n) is 3.64. The first-order chi connectivity index (χ1) is 9.48. The van der Waals surface area contributed by atoms with Crippen LogP contribution in [0.3, 0.4) is 0 Å². The number of carbonyl (C=O) groups is 2. The summed E-state index contributed by atoms with van der Waals surface area (Å²) in [6.45, 7) is 0. The van der Waals surface area contributed by atoms with E-state index in [0.717, 1.165) is 12.8 Å². The normalized spacial score (nSPS) is 16.7. The van der Waals surface area contributed by atoms with Crippen LogP contribution in [0, 0.1) is 0 Å². The topological polar surface area (TPSA) is 81.4 Å². The molecule has 1 saturated carbocycles. The summed E-state index contributed by atoms with van der Waals surface area (Å²) in [5.41, 5.74) is 5.47. The van der Waals surface area contributed by atoms with Crippen LogP contribution in [0.1, 0.15) is 36.0 Å². The molecule has 0 radical (unpaired) electrons. The Morgan fingerprint density at radius 1 is 1.35 bits per heavy atom. The fraction of sp³-hybridized carbons (Fsp3) is 0.429. The van der Waals surface area contributed by atoms with Gasteiger partial charge in [-0.1, -0.05) is 24.4 Å². The lowest BCUT2D eigenvalue weighted by atomic mass is 9.97. The molecule has 0 heterocycles. The van der Waals surface area contributed by atoms with Crippen molar-refractivity contribution in [1.82, 2.24) is 5.32 Å². The van der Waals surface area contributed by atoms with Gasteiger partial charge in [0, 0.05) is 5.56 Å². The molecule has 0 atom stereocenters. The lowest BCUT2D eigenvalue weighted by molar-refractivity contribution is -0.148. The van der Waals surface area contributed by atoms with Gasteiger partial charge in [0.1, 0.15) is 5.54 Å². The number of benzene rings is 1. The van der Waals surface area contributed by atoms with Gasteiger partial charge in [-0.15, -0.1) is 0 Å². The number of esters is 1. The summed E-state index contributed by atoms with van der Waals surface area (Å²) in [7, 11) is 1.33. The molecule has 1 aromatic rings. The van der Waals surface area contributed by atoms with E-state index in [1.807, 2.05) is 0 Å². The second-order valence-corrected chi connectivity index (χ2v) is 5.38. The van der Waals surface area contributed by atoms with E-state index in [2.05, 4.69) is 5.32 Å².